The van der Waals surface area contributed by atoms with Crippen molar-refractivity contribution in [3.8, 4) is 0 Å². The van der Waals surface area contributed by atoms with E-state index in [9.17, 15) is 0 Å². The highest BCUT2D eigenvalue weighted by Gasteiger charge is 2.07. The molecule has 0 spiro atoms. The molecule has 16 heavy (non-hydrogen) atoms. The SMILES string of the molecule is C=C(C)C(CN)Nc1ccc2nc[nH]c2c1. The number of nitrogens with one attached hydrogen (secondary N) is 2. The van der Waals surface area contributed by atoms with E-state index in [2.05, 4.69) is 21.9 Å². The van der Waals surface area contributed by atoms with E-state index < -0.39 is 0 Å². The molecule has 0 saturated carbocycles. The summed E-state index contributed by atoms with van der Waals surface area (Å²) in [6.45, 7) is 6.42. The van der Waals surface area contributed by atoms with Gasteiger partial charge in [0.15, 0.2) is 0 Å². The van der Waals surface area contributed by atoms with Gasteiger partial charge in [-0.15, -0.1) is 0 Å². The Hall–Kier alpha value is -1.81. The monoisotopic (exact) mass is 216 g/mol. The smallest absolute Gasteiger partial charge is 0.0931 e. The minimum absolute atomic E-state index is 0.111. The molecule has 0 amide bonds. The first-order valence-electron chi connectivity index (χ1n) is 5.26. The zero-order chi connectivity index (χ0) is 11.5. The molecule has 0 fully saturated rings. The highest BCUT2D eigenvalue weighted by molar-refractivity contribution is 5.78. The summed E-state index contributed by atoms with van der Waals surface area (Å²) in [6.07, 6.45) is 1.69. The molecule has 1 aromatic heterocycles. The van der Waals surface area contributed by atoms with Crippen molar-refractivity contribution in [2.45, 2.75) is 13.0 Å². The quantitative estimate of drug-likeness (QED) is 0.683. The van der Waals surface area contributed by atoms with Crippen LogP contribution >= 0.6 is 0 Å². The standard InChI is InChI=1S/C12H16N4/c1-8(2)12(6-13)16-9-3-4-10-11(5-9)15-7-14-10/h3-5,7,12,16H,1,6,13H2,2H3,(H,14,15). The van der Waals surface area contributed by atoms with Gasteiger partial charge in [0.05, 0.1) is 23.4 Å². The first-order chi connectivity index (χ1) is 7.70. The highest BCUT2D eigenvalue weighted by atomic mass is 14.9. The fraction of sp³-hybridized carbons (Fsp3) is 0.250. The van der Waals surface area contributed by atoms with Crippen LogP contribution in [0, 0.1) is 0 Å². The second-order valence-corrected chi connectivity index (χ2v) is 3.91. The number of hydrogen-bond donors (Lipinski definition) is 3. The molecular formula is C12H16N4. The zero-order valence-electron chi connectivity index (χ0n) is 9.33. The number of aromatic amines is 1. The highest BCUT2D eigenvalue weighted by Crippen LogP contribution is 2.17. The first kappa shape index (κ1) is 10.7. The third-order valence-electron chi connectivity index (χ3n) is 2.59. The number of fused-ring (bicyclic) bond motifs is 1. The molecule has 1 atom stereocenters. The van der Waals surface area contributed by atoms with Crippen LogP contribution in [0.3, 0.4) is 0 Å². The zero-order valence-corrected chi connectivity index (χ0v) is 9.33. The van der Waals surface area contributed by atoms with Crippen LogP contribution in [0.1, 0.15) is 6.92 Å². The third kappa shape index (κ3) is 2.06. The molecule has 1 aromatic carbocycles. The van der Waals surface area contributed by atoms with Gasteiger partial charge in [0.25, 0.3) is 0 Å². The summed E-state index contributed by atoms with van der Waals surface area (Å²) < 4.78 is 0. The summed E-state index contributed by atoms with van der Waals surface area (Å²) in [7, 11) is 0. The lowest BCUT2D eigenvalue weighted by Gasteiger charge is -2.18. The second kappa shape index (κ2) is 4.37. The van der Waals surface area contributed by atoms with Gasteiger partial charge in [0.2, 0.25) is 0 Å². The van der Waals surface area contributed by atoms with Crippen molar-refractivity contribution in [3.63, 3.8) is 0 Å². The van der Waals surface area contributed by atoms with Crippen molar-refractivity contribution in [3.05, 3.63) is 36.7 Å². The number of benzene rings is 1. The van der Waals surface area contributed by atoms with Crippen molar-refractivity contribution in [2.24, 2.45) is 5.73 Å². The topological polar surface area (TPSA) is 66.7 Å². The molecule has 2 aromatic rings. The second-order valence-electron chi connectivity index (χ2n) is 3.91. The van der Waals surface area contributed by atoms with Crippen LogP contribution < -0.4 is 11.1 Å². The fourth-order valence-electron chi connectivity index (χ4n) is 1.61. The van der Waals surface area contributed by atoms with Gasteiger partial charge in [-0.2, -0.15) is 0 Å². The van der Waals surface area contributed by atoms with Gasteiger partial charge >= 0.3 is 0 Å². The van der Waals surface area contributed by atoms with Gasteiger partial charge in [-0.1, -0.05) is 12.2 Å². The lowest BCUT2D eigenvalue weighted by Crippen LogP contribution is -2.29. The number of anilines is 1. The van der Waals surface area contributed by atoms with E-state index in [1.54, 1.807) is 6.33 Å². The number of nitrogens with two attached hydrogens (primary N) is 1. The number of rotatable bonds is 4. The Morgan fingerprint density at radius 3 is 3.12 bits per heavy atom. The largest absolute Gasteiger partial charge is 0.377 e. The maximum atomic E-state index is 5.67. The molecule has 2 rings (SSSR count). The number of H-pyrrole nitrogens is 1. The first-order valence-corrected chi connectivity index (χ1v) is 5.26. The summed E-state index contributed by atoms with van der Waals surface area (Å²) >= 11 is 0. The van der Waals surface area contributed by atoms with Gasteiger partial charge in [0.1, 0.15) is 0 Å². The molecule has 1 unspecified atom stereocenters. The van der Waals surface area contributed by atoms with E-state index in [1.165, 1.54) is 0 Å². The minimum atomic E-state index is 0.111. The molecule has 0 aliphatic rings. The van der Waals surface area contributed by atoms with E-state index in [1.807, 2.05) is 25.1 Å². The molecule has 0 bridgehead atoms. The Morgan fingerprint density at radius 1 is 1.62 bits per heavy atom. The van der Waals surface area contributed by atoms with Crippen molar-refractivity contribution in [2.75, 3.05) is 11.9 Å². The average molecular weight is 216 g/mol. The van der Waals surface area contributed by atoms with Crippen LogP contribution in [-0.2, 0) is 0 Å². The van der Waals surface area contributed by atoms with Gasteiger partial charge in [-0.05, 0) is 25.1 Å². The van der Waals surface area contributed by atoms with Crippen LogP contribution in [0.25, 0.3) is 11.0 Å². The lowest BCUT2D eigenvalue weighted by atomic mass is 10.1. The van der Waals surface area contributed by atoms with Gasteiger partial charge in [0, 0.05) is 12.2 Å². The Labute approximate surface area is 94.6 Å². The van der Waals surface area contributed by atoms with Gasteiger partial charge < -0.3 is 16.0 Å². The number of aromatic nitrogens is 2. The predicted molar refractivity (Wildman–Crippen MR) is 67.4 cm³/mol. The Morgan fingerprint density at radius 2 is 2.44 bits per heavy atom. The molecule has 0 saturated heterocycles. The Balaban J connectivity index is 2.23. The molecule has 84 valence electrons. The maximum Gasteiger partial charge on any atom is 0.0931 e. The van der Waals surface area contributed by atoms with E-state index in [-0.39, 0.29) is 6.04 Å². The molecular weight excluding hydrogens is 200 g/mol. The molecule has 0 radical (unpaired) electrons. The van der Waals surface area contributed by atoms with Crippen molar-refractivity contribution in [1.29, 1.82) is 0 Å². The Kier molecular flexibility index (Phi) is 2.92. The van der Waals surface area contributed by atoms with Crippen molar-refractivity contribution in [1.82, 2.24) is 9.97 Å². The summed E-state index contributed by atoms with van der Waals surface area (Å²) in [5.74, 6) is 0. The maximum absolute atomic E-state index is 5.67. The molecule has 4 nitrogen and oxygen atoms in total. The number of imidazole rings is 1. The van der Waals surface area contributed by atoms with Gasteiger partial charge in [-0.25, -0.2) is 4.98 Å². The summed E-state index contributed by atoms with van der Waals surface area (Å²) in [5.41, 5.74) is 9.71. The van der Waals surface area contributed by atoms with E-state index in [0.717, 1.165) is 22.3 Å². The fourth-order valence-corrected chi connectivity index (χ4v) is 1.61. The van der Waals surface area contributed by atoms with E-state index in [4.69, 9.17) is 5.73 Å². The van der Waals surface area contributed by atoms with Crippen molar-refractivity contribution >= 4 is 16.7 Å². The molecule has 0 aliphatic heterocycles. The van der Waals surface area contributed by atoms with Crippen LogP contribution in [0.15, 0.2) is 36.7 Å². The van der Waals surface area contributed by atoms with Crippen molar-refractivity contribution < 1.29 is 0 Å². The molecule has 4 heteroatoms. The normalized spacial score (nSPS) is 12.6. The van der Waals surface area contributed by atoms with Crippen LogP contribution in [0.2, 0.25) is 0 Å². The van der Waals surface area contributed by atoms with Crippen LogP contribution in [-0.4, -0.2) is 22.6 Å². The summed E-state index contributed by atoms with van der Waals surface area (Å²) in [6, 6.07) is 6.10. The van der Waals surface area contributed by atoms with E-state index in [0.29, 0.717) is 6.54 Å². The predicted octanol–water partition coefficient (Wildman–Crippen LogP) is 1.88. The minimum Gasteiger partial charge on any atom is -0.377 e. The molecule has 4 N–H and O–H groups in total. The van der Waals surface area contributed by atoms with E-state index >= 15 is 0 Å². The molecule has 0 aliphatic carbocycles. The van der Waals surface area contributed by atoms with Crippen LogP contribution in [0.5, 0.6) is 0 Å². The lowest BCUT2D eigenvalue weighted by molar-refractivity contribution is 0.831. The van der Waals surface area contributed by atoms with Crippen LogP contribution in [0.4, 0.5) is 5.69 Å². The van der Waals surface area contributed by atoms with Gasteiger partial charge in [-0.3, -0.25) is 0 Å². The Bertz CT molecular complexity index is 500. The third-order valence-corrected chi connectivity index (χ3v) is 2.59. The number of nitrogens with zero attached hydrogens (tertiary/aromatic N) is 1. The summed E-state index contributed by atoms with van der Waals surface area (Å²) in [4.78, 5) is 7.24. The summed E-state index contributed by atoms with van der Waals surface area (Å²) in [5, 5.41) is 3.34. The average Bonchev–Trinajstić information content (AvgIpc) is 2.72. The molecule has 1 heterocycles. The number of hydrogen-bond acceptors (Lipinski definition) is 3.